The van der Waals surface area contributed by atoms with Crippen molar-refractivity contribution in [2.24, 2.45) is 0 Å². The van der Waals surface area contributed by atoms with Crippen molar-refractivity contribution in [2.45, 2.75) is 25.4 Å². The maximum atomic E-state index is 12.1. The Hall–Kier alpha value is -1.68. The Kier molecular flexibility index (Phi) is 4.10. The van der Waals surface area contributed by atoms with E-state index in [1.54, 1.807) is 6.92 Å². The van der Waals surface area contributed by atoms with Crippen molar-refractivity contribution in [3.8, 4) is 0 Å². The van der Waals surface area contributed by atoms with Crippen molar-refractivity contribution in [1.29, 1.82) is 0 Å². The summed E-state index contributed by atoms with van der Waals surface area (Å²) in [7, 11) is 0. The van der Waals surface area contributed by atoms with Crippen LogP contribution in [0.1, 0.15) is 24.8 Å². The van der Waals surface area contributed by atoms with E-state index in [0.717, 1.165) is 5.56 Å². The Morgan fingerprint density at radius 3 is 2.78 bits per heavy atom. The summed E-state index contributed by atoms with van der Waals surface area (Å²) in [5.74, 6) is -0.676. The summed E-state index contributed by atoms with van der Waals surface area (Å²) in [5, 5.41) is 0. The molecule has 2 rings (SSSR count). The highest BCUT2D eigenvalue weighted by Crippen LogP contribution is 2.27. The Bertz CT molecular complexity index is 427. The first kappa shape index (κ1) is 12.8. The summed E-state index contributed by atoms with van der Waals surface area (Å²) >= 11 is 0. The van der Waals surface area contributed by atoms with E-state index in [2.05, 4.69) is 0 Å². The van der Waals surface area contributed by atoms with Crippen molar-refractivity contribution in [3.05, 3.63) is 35.9 Å². The van der Waals surface area contributed by atoms with E-state index < -0.39 is 6.10 Å². The van der Waals surface area contributed by atoms with Gasteiger partial charge in [0.15, 0.2) is 5.78 Å². The van der Waals surface area contributed by atoms with E-state index in [0.29, 0.717) is 13.2 Å². The first-order chi connectivity index (χ1) is 8.72. The van der Waals surface area contributed by atoms with Gasteiger partial charge in [0.05, 0.1) is 25.6 Å². The summed E-state index contributed by atoms with van der Waals surface area (Å²) in [6.07, 6.45) is -0.648. The second-order valence-corrected chi connectivity index (χ2v) is 4.20. The van der Waals surface area contributed by atoms with E-state index in [1.165, 1.54) is 0 Å². The molecule has 0 spiro atoms. The molecule has 1 fully saturated rings. The van der Waals surface area contributed by atoms with Crippen LogP contribution in [0.15, 0.2) is 30.3 Å². The summed E-state index contributed by atoms with van der Waals surface area (Å²) in [4.78, 5) is 23.4. The number of Topliss-reactive ketones (excluding diaryl/α,β-unsaturated/α-hetero) is 1. The first-order valence-corrected chi connectivity index (χ1v) is 6.08. The number of hydrogen-bond donors (Lipinski definition) is 0. The van der Waals surface area contributed by atoms with Crippen LogP contribution in [0.25, 0.3) is 0 Å². The number of ether oxygens (including phenoxy) is 2. The molecular weight excluding hydrogens is 232 g/mol. The van der Waals surface area contributed by atoms with Gasteiger partial charge < -0.3 is 9.47 Å². The second kappa shape index (κ2) is 5.78. The predicted molar refractivity (Wildman–Crippen MR) is 65.2 cm³/mol. The van der Waals surface area contributed by atoms with Gasteiger partial charge in [-0.3, -0.25) is 9.59 Å². The zero-order valence-corrected chi connectivity index (χ0v) is 10.3. The molecule has 0 aliphatic carbocycles. The summed E-state index contributed by atoms with van der Waals surface area (Å²) in [5.41, 5.74) is 0.939. The summed E-state index contributed by atoms with van der Waals surface area (Å²) in [6, 6.07) is 9.49. The lowest BCUT2D eigenvalue weighted by Gasteiger charge is -2.08. The molecule has 1 heterocycles. The third kappa shape index (κ3) is 2.76. The molecule has 0 unspecified atom stereocenters. The van der Waals surface area contributed by atoms with Crippen LogP contribution in [-0.4, -0.2) is 31.1 Å². The van der Waals surface area contributed by atoms with Gasteiger partial charge in [0, 0.05) is 0 Å². The van der Waals surface area contributed by atoms with Gasteiger partial charge in [-0.05, 0) is 12.5 Å². The number of rotatable bonds is 4. The number of ketones is 1. The maximum absolute atomic E-state index is 12.1. The average Bonchev–Trinajstić information content (AvgIpc) is 2.72. The van der Waals surface area contributed by atoms with Gasteiger partial charge in [0.25, 0.3) is 0 Å². The molecule has 18 heavy (non-hydrogen) atoms. The van der Waals surface area contributed by atoms with Crippen molar-refractivity contribution < 1.29 is 19.1 Å². The second-order valence-electron chi connectivity index (χ2n) is 4.20. The minimum atomic E-state index is -0.658. The Morgan fingerprint density at radius 1 is 1.39 bits per heavy atom. The molecule has 0 bridgehead atoms. The molecule has 0 N–H and O–H groups in total. The van der Waals surface area contributed by atoms with Crippen LogP contribution in [0.5, 0.6) is 0 Å². The quantitative estimate of drug-likeness (QED) is 0.761. The number of esters is 1. The molecule has 1 aromatic carbocycles. The molecule has 0 saturated carbocycles. The molecule has 1 aromatic rings. The molecule has 4 heteroatoms. The SMILES string of the molecule is CCOC(=O)C[C@@H]1OC[C@H](c2ccccc2)C1=O. The van der Waals surface area contributed by atoms with Gasteiger partial charge in [-0.2, -0.15) is 0 Å². The van der Waals surface area contributed by atoms with Gasteiger partial charge in [0.2, 0.25) is 0 Å². The molecule has 0 radical (unpaired) electrons. The number of carbonyl (C=O) groups excluding carboxylic acids is 2. The molecule has 96 valence electrons. The third-order valence-electron chi connectivity index (χ3n) is 2.98. The van der Waals surface area contributed by atoms with Gasteiger partial charge in [-0.1, -0.05) is 30.3 Å². The lowest BCUT2D eigenvalue weighted by atomic mass is 9.94. The number of carbonyl (C=O) groups is 2. The van der Waals surface area contributed by atoms with Crippen LogP contribution in [0.2, 0.25) is 0 Å². The minimum absolute atomic E-state index is 0.00993. The molecule has 1 saturated heterocycles. The van der Waals surface area contributed by atoms with Crippen LogP contribution in [0, 0.1) is 0 Å². The normalized spacial score (nSPS) is 23.1. The van der Waals surface area contributed by atoms with E-state index in [9.17, 15) is 9.59 Å². The predicted octanol–water partition coefficient (Wildman–Crippen LogP) is 1.69. The molecule has 1 aliphatic heterocycles. The zero-order chi connectivity index (χ0) is 13.0. The fourth-order valence-electron chi connectivity index (χ4n) is 2.08. The van der Waals surface area contributed by atoms with Gasteiger partial charge in [0.1, 0.15) is 6.10 Å². The van der Waals surface area contributed by atoms with Crippen molar-refractivity contribution in [3.63, 3.8) is 0 Å². The maximum Gasteiger partial charge on any atom is 0.308 e. The third-order valence-corrected chi connectivity index (χ3v) is 2.98. The lowest BCUT2D eigenvalue weighted by Crippen LogP contribution is -2.23. The van der Waals surface area contributed by atoms with E-state index in [-0.39, 0.29) is 24.1 Å². The Labute approximate surface area is 106 Å². The van der Waals surface area contributed by atoms with E-state index in [1.807, 2.05) is 30.3 Å². The largest absolute Gasteiger partial charge is 0.466 e. The highest BCUT2D eigenvalue weighted by atomic mass is 16.5. The first-order valence-electron chi connectivity index (χ1n) is 6.08. The monoisotopic (exact) mass is 248 g/mol. The average molecular weight is 248 g/mol. The van der Waals surface area contributed by atoms with Gasteiger partial charge in [-0.15, -0.1) is 0 Å². The van der Waals surface area contributed by atoms with Gasteiger partial charge in [-0.25, -0.2) is 0 Å². The fourth-order valence-corrected chi connectivity index (χ4v) is 2.08. The summed E-state index contributed by atoms with van der Waals surface area (Å²) in [6.45, 7) is 2.40. The van der Waals surface area contributed by atoms with Crippen molar-refractivity contribution >= 4 is 11.8 Å². The van der Waals surface area contributed by atoms with E-state index in [4.69, 9.17) is 9.47 Å². The van der Waals surface area contributed by atoms with E-state index >= 15 is 0 Å². The molecule has 2 atom stereocenters. The van der Waals surface area contributed by atoms with Crippen molar-refractivity contribution in [1.82, 2.24) is 0 Å². The minimum Gasteiger partial charge on any atom is -0.466 e. The molecule has 1 aliphatic rings. The highest BCUT2D eigenvalue weighted by molar-refractivity contribution is 5.94. The van der Waals surface area contributed by atoms with Crippen LogP contribution in [0.4, 0.5) is 0 Å². The van der Waals surface area contributed by atoms with Gasteiger partial charge >= 0.3 is 5.97 Å². The topological polar surface area (TPSA) is 52.6 Å². The summed E-state index contributed by atoms with van der Waals surface area (Å²) < 4.78 is 10.2. The zero-order valence-electron chi connectivity index (χ0n) is 10.3. The molecule has 0 amide bonds. The smallest absolute Gasteiger partial charge is 0.308 e. The molecular formula is C14H16O4. The molecule has 0 aromatic heterocycles. The van der Waals surface area contributed by atoms with Crippen LogP contribution in [0.3, 0.4) is 0 Å². The Balaban J connectivity index is 1.99. The standard InChI is InChI=1S/C14H16O4/c1-2-17-13(15)8-12-14(16)11(9-18-12)10-6-4-3-5-7-10/h3-7,11-12H,2,8-9H2,1H3/t11-,12+/m1/s1. The van der Waals surface area contributed by atoms with Crippen LogP contribution >= 0.6 is 0 Å². The van der Waals surface area contributed by atoms with Crippen molar-refractivity contribution in [2.75, 3.05) is 13.2 Å². The fraction of sp³-hybridized carbons (Fsp3) is 0.429. The van der Waals surface area contributed by atoms with Crippen LogP contribution < -0.4 is 0 Å². The number of benzene rings is 1. The Morgan fingerprint density at radius 2 is 2.11 bits per heavy atom. The highest BCUT2D eigenvalue weighted by Gasteiger charge is 2.37. The van der Waals surface area contributed by atoms with Crippen LogP contribution in [-0.2, 0) is 19.1 Å². The lowest BCUT2D eigenvalue weighted by molar-refractivity contribution is -0.147. The number of hydrogen-bond acceptors (Lipinski definition) is 4. The molecule has 4 nitrogen and oxygen atoms in total.